The number of nitrogens with zero attached hydrogens (tertiary/aromatic N) is 1. The van der Waals surface area contributed by atoms with E-state index in [0.29, 0.717) is 18.7 Å². The number of amides is 2. The number of carbonyl (C=O) groups is 2. The average Bonchev–Trinajstić information content (AvgIpc) is 2.64. The zero-order valence-electron chi connectivity index (χ0n) is 14.7. The van der Waals surface area contributed by atoms with E-state index in [1.807, 2.05) is 43.3 Å². The largest absolute Gasteiger partial charge is 0.465 e. The van der Waals surface area contributed by atoms with Crippen LogP contribution in [0.4, 0.5) is 10.5 Å². The highest BCUT2D eigenvalue weighted by molar-refractivity contribution is 5.89. The number of rotatable bonds is 6. The van der Waals surface area contributed by atoms with Crippen molar-refractivity contribution in [1.29, 1.82) is 0 Å². The quantitative estimate of drug-likeness (QED) is 0.792. The fraction of sp³-hybridized carbons (Fsp3) is 0.263. The summed E-state index contributed by atoms with van der Waals surface area (Å²) < 4.78 is 4.65. The van der Waals surface area contributed by atoms with Gasteiger partial charge in [-0.25, -0.2) is 9.59 Å². The summed E-state index contributed by atoms with van der Waals surface area (Å²) in [6.45, 7) is 0.841. The first-order valence-corrected chi connectivity index (χ1v) is 7.95. The van der Waals surface area contributed by atoms with Crippen molar-refractivity contribution in [3.8, 4) is 0 Å². The molecule has 132 valence electrons. The van der Waals surface area contributed by atoms with E-state index in [1.54, 1.807) is 24.3 Å². The summed E-state index contributed by atoms with van der Waals surface area (Å²) >= 11 is 0. The van der Waals surface area contributed by atoms with Crippen molar-refractivity contribution in [2.75, 3.05) is 26.1 Å². The summed E-state index contributed by atoms with van der Waals surface area (Å²) in [6.07, 6.45) is 0. The van der Waals surface area contributed by atoms with Gasteiger partial charge in [-0.05, 0) is 35.4 Å². The number of esters is 1. The van der Waals surface area contributed by atoms with E-state index in [9.17, 15) is 9.59 Å². The third-order valence-electron chi connectivity index (χ3n) is 3.73. The lowest BCUT2D eigenvalue weighted by Gasteiger charge is -2.13. The fourth-order valence-electron chi connectivity index (χ4n) is 2.22. The molecule has 25 heavy (non-hydrogen) atoms. The van der Waals surface area contributed by atoms with Crippen molar-refractivity contribution < 1.29 is 14.3 Å². The maximum Gasteiger partial charge on any atom is 0.337 e. The number of nitrogens with one attached hydrogen (secondary N) is 2. The van der Waals surface area contributed by atoms with Gasteiger partial charge in [-0.1, -0.05) is 24.3 Å². The van der Waals surface area contributed by atoms with Crippen LogP contribution in [0.15, 0.2) is 48.5 Å². The zero-order chi connectivity index (χ0) is 18.2. The molecular formula is C19H23N3O3. The molecule has 2 N–H and O–H groups in total. The Balaban J connectivity index is 1.77. The Morgan fingerprint density at radius 3 is 1.80 bits per heavy atom. The molecule has 0 fully saturated rings. The van der Waals surface area contributed by atoms with Crippen LogP contribution in [-0.2, 0) is 17.8 Å². The molecule has 6 nitrogen and oxygen atoms in total. The molecule has 0 aliphatic heterocycles. The average molecular weight is 341 g/mol. The Labute approximate surface area is 147 Å². The summed E-state index contributed by atoms with van der Waals surface area (Å²) in [5.74, 6) is -0.377. The van der Waals surface area contributed by atoms with E-state index < -0.39 is 0 Å². The van der Waals surface area contributed by atoms with Crippen molar-refractivity contribution >= 4 is 17.7 Å². The lowest BCUT2D eigenvalue weighted by Crippen LogP contribution is -2.34. The second kappa shape index (κ2) is 8.73. The Bertz CT molecular complexity index is 710. The van der Waals surface area contributed by atoms with Gasteiger partial charge in [0.25, 0.3) is 0 Å². The minimum absolute atomic E-state index is 0.242. The molecule has 0 saturated carbocycles. The second-order valence-electron chi connectivity index (χ2n) is 5.79. The first-order valence-electron chi connectivity index (χ1n) is 7.95. The van der Waals surface area contributed by atoms with Crippen LogP contribution in [0.1, 0.15) is 21.5 Å². The predicted octanol–water partition coefficient (Wildman–Crippen LogP) is 2.54. The molecule has 0 aromatic heterocycles. The molecule has 2 amide bonds. The highest BCUT2D eigenvalue weighted by Crippen LogP contribution is 2.12. The molecule has 0 radical (unpaired) electrons. The lowest BCUT2D eigenvalue weighted by atomic mass is 10.1. The molecule has 0 spiro atoms. The van der Waals surface area contributed by atoms with Gasteiger partial charge in [0.15, 0.2) is 0 Å². The molecule has 2 aromatic rings. The molecule has 6 heteroatoms. The van der Waals surface area contributed by atoms with Crippen molar-refractivity contribution in [2.24, 2.45) is 0 Å². The molecule has 0 aliphatic rings. The molecule has 0 aliphatic carbocycles. The molecule has 2 rings (SSSR count). The molecular weight excluding hydrogens is 318 g/mol. The second-order valence-corrected chi connectivity index (χ2v) is 5.79. The minimum atomic E-state index is -0.377. The Hall–Kier alpha value is -3.02. The normalized spacial score (nSPS) is 10.0. The van der Waals surface area contributed by atoms with Crippen molar-refractivity contribution in [3.63, 3.8) is 0 Å². The van der Waals surface area contributed by atoms with Crippen molar-refractivity contribution in [2.45, 2.75) is 13.1 Å². The fourth-order valence-corrected chi connectivity index (χ4v) is 2.22. The number of benzene rings is 2. The first-order chi connectivity index (χ1) is 12.0. The number of ether oxygens (including phenoxy) is 1. The van der Waals surface area contributed by atoms with E-state index in [0.717, 1.165) is 16.8 Å². The van der Waals surface area contributed by atoms with Crippen LogP contribution in [-0.4, -0.2) is 33.2 Å². The molecule has 2 aromatic carbocycles. The number of carbonyl (C=O) groups excluding carboxylic acids is 2. The van der Waals surface area contributed by atoms with Crippen molar-refractivity contribution in [1.82, 2.24) is 10.6 Å². The summed E-state index contributed by atoms with van der Waals surface area (Å²) in [5.41, 5.74) is 3.53. The predicted molar refractivity (Wildman–Crippen MR) is 97.6 cm³/mol. The number of anilines is 1. The molecule has 0 atom stereocenters. The van der Waals surface area contributed by atoms with Crippen LogP contribution in [0.3, 0.4) is 0 Å². The monoisotopic (exact) mass is 341 g/mol. The number of methoxy groups -OCH3 is 1. The van der Waals surface area contributed by atoms with E-state index in [4.69, 9.17) is 0 Å². The number of hydrogen-bond donors (Lipinski definition) is 2. The van der Waals surface area contributed by atoms with Gasteiger partial charge >= 0.3 is 12.0 Å². The third-order valence-corrected chi connectivity index (χ3v) is 3.73. The van der Waals surface area contributed by atoms with Crippen LogP contribution in [0.25, 0.3) is 0 Å². The summed E-state index contributed by atoms with van der Waals surface area (Å²) in [5, 5.41) is 5.61. The van der Waals surface area contributed by atoms with Gasteiger partial charge in [0.2, 0.25) is 0 Å². The standard InChI is InChI=1S/C19H23N3O3/c1-22(2)17-10-6-15(7-11-17)13-21-19(24)20-12-14-4-8-16(9-5-14)18(23)25-3/h4-11H,12-13H2,1-3H3,(H2,20,21,24). The van der Waals surface area contributed by atoms with Crippen LogP contribution in [0.2, 0.25) is 0 Å². The maximum absolute atomic E-state index is 11.9. The van der Waals surface area contributed by atoms with Crippen LogP contribution < -0.4 is 15.5 Å². The van der Waals surface area contributed by atoms with Gasteiger partial charge in [0, 0.05) is 32.9 Å². The lowest BCUT2D eigenvalue weighted by molar-refractivity contribution is 0.0600. The van der Waals surface area contributed by atoms with Gasteiger partial charge in [0.1, 0.15) is 0 Å². The maximum atomic E-state index is 11.9. The van der Waals surface area contributed by atoms with E-state index >= 15 is 0 Å². The topological polar surface area (TPSA) is 70.7 Å². The van der Waals surface area contributed by atoms with Gasteiger partial charge < -0.3 is 20.3 Å². The molecule has 0 heterocycles. The van der Waals surface area contributed by atoms with E-state index in [2.05, 4.69) is 15.4 Å². The van der Waals surface area contributed by atoms with E-state index in [-0.39, 0.29) is 12.0 Å². The van der Waals surface area contributed by atoms with E-state index in [1.165, 1.54) is 7.11 Å². The molecule has 0 unspecified atom stereocenters. The van der Waals surface area contributed by atoms with Crippen LogP contribution in [0, 0.1) is 0 Å². The smallest absolute Gasteiger partial charge is 0.337 e. The summed E-state index contributed by atoms with van der Waals surface area (Å²) in [4.78, 5) is 25.3. The number of urea groups is 1. The third kappa shape index (κ3) is 5.53. The number of hydrogen-bond acceptors (Lipinski definition) is 4. The summed E-state index contributed by atoms with van der Waals surface area (Å²) in [7, 11) is 5.31. The highest BCUT2D eigenvalue weighted by Gasteiger charge is 2.05. The minimum Gasteiger partial charge on any atom is -0.465 e. The Morgan fingerprint density at radius 2 is 1.36 bits per heavy atom. The van der Waals surface area contributed by atoms with Crippen LogP contribution in [0.5, 0.6) is 0 Å². The molecule has 0 saturated heterocycles. The van der Waals surface area contributed by atoms with Gasteiger partial charge in [-0.3, -0.25) is 0 Å². The zero-order valence-corrected chi connectivity index (χ0v) is 14.7. The van der Waals surface area contributed by atoms with Gasteiger partial charge in [-0.15, -0.1) is 0 Å². The Kier molecular flexibility index (Phi) is 6.39. The van der Waals surface area contributed by atoms with Crippen LogP contribution >= 0.6 is 0 Å². The summed E-state index contributed by atoms with van der Waals surface area (Å²) in [6, 6.07) is 14.7. The first kappa shape index (κ1) is 18.3. The van der Waals surface area contributed by atoms with Gasteiger partial charge in [-0.2, -0.15) is 0 Å². The highest BCUT2D eigenvalue weighted by atomic mass is 16.5. The van der Waals surface area contributed by atoms with Gasteiger partial charge in [0.05, 0.1) is 12.7 Å². The SMILES string of the molecule is COC(=O)c1ccc(CNC(=O)NCc2ccc(N(C)C)cc2)cc1. The molecule has 0 bridgehead atoms. The Morgan fingerprint density at radius 1 is 0.880 bits per heavy atom. The van der Waals surface area contributed by atoms with Crippen molar-refractivity contribution in [3.05, 3.63) is 65.2 Å².